The minimum absolute atomic E-state index is 0. The van der Waals surface area contributed by atoms with Crippen LogP contribution in [0.4, 0.5) is 0 Å². The zero-order chi connectivity index (χ0) is 18.8. The van der Waals surface area contributed by atoms with Gasteiger partial charge in [0.15, 0.2) is 17.5 Å². The van der Waals surface area contributed by atoms with Crippen LogP contribution < -0.4 is 20.1 Å². The van der Waals surface area contributed by atoms with Crippen LogP contribution in [0.1, 0.15) is 22.4 Å². The monoisotopic (exact) mass is 506 g/mol. The van der Waals surface area contributed by atoms with Crippen molar-refractivity contribution < 1.29 is 14.6 Å². The summed E-state index contributed by atoms with van der Waals surface area (Å²) in [6.07, 6.45) is 1.87. The van der Waals surface area contributed by atoms with Crippen LogP contribution in [-0.2, 0) is 13.1 Å². The van der Waals surface area contributed by atoms with Crippen LogP contribution in [0.5, 0.6) is 11.5 Å². The van der Waals surface area contributed by atoms with Crippen LogP contribution in [0.15, 0.2) is 29.4 Å². The molecule has 1 heterocycles. The molecule has 150 valence electrons. The van der Waals surface area contributed by atoms with E-state index in [0.29, 0.717) is 24.6 Å². The first-order valence-electron chi connectivity index (χ1n) is 8.50. The minimum Gasteiger partial charge on any atom is -0.493 e. The first kappa shape index (κ1) is 23.4. The number of thiazole rings is 1. The fourth-order valence-electron chi connectivity index (χ4n) is 2.24. The molecule has 27 heavy (non-hydrogen) atoms. The molecule has 0 fully saturated rings. The van der Waals surface area contributed by atoms with Gasteiger partial charge in [-0.2, -0.15) is 0 Å². The molecular formula is C18H27IN4O3S. The Morgan fingerprint density at radius 2 is 2.11 bits per heavy atom. The number of nitrogens with one attached hydrogen (secondary N) is 2. The molecule has 2 rings (SSSR count). The molecule has 1 aromatic heterocycles. The van der Waals surface area contributed by atoms with E-state index in [4.69, 9.17) is 14.6 Å². The van der Waals surface area contributed by atoms with Gasteiger partial charge in [-0.05, 0) is 31.5 Å². The molecule has 0 atom stereocenters. The first-order valence-corrected chi connectivity index (χ1v) is 9.32. The molecular weight excluding hydrogens is 479 g/mol. The predicted molar refractivity (Wildman–Crippen MR) is 119 cm³/mol. The highest BCUT2D eigenvalue weighted by atomic mass is 127. The van der Waals surface area contributed by atoms with Crippen LogP contribution in [-0.4, -0.2) is 42.9 Å². The average molecular weight is 506 g/mol. The Balaban J connectivity index is 0.00000364. The van der Waals surface area contributed by atoms with E-state index in [1.54, 1.807) is 18.4 Å². The third kappa shape index (κ3) is 7.89. The molecule has 7 nitrogen and oxygen atoms in total. The van der Waals surface area contributed by atoms with Gasteiger partial charge in [0.05, 0.1) is 26.8 Å². The summed E-state index contributed by atoms with van der Waals surface area (Å²) in [4.78, 5) is 10.1. The maximum Gasteiger partial charge on any atom is 0.191 e. The van der Waals surface area contributed by atoms with Gasteiger partial charge in [-0.3, -0.25) is 0 Å². The minimum atomic E-state index is -0.0362. The van der Waals surface area contributed by atoms with Gasteiger partial charge >= 0.3 is 0 Å². The first-order chi connectivity index (χ1) is 12.7. The molecule has 0 aliphatic heterocycles. The topological polar surface area (TPSA) is 88.0 Å². The second-order valence-corrected chi connectivity index (χ2v) is 6.79. The summed E-state index contributed by atoms with van der Waals surface area (Å²) in [7, 11) is 1.59. The van der Waals surface area contributed by atoms with Gasteiger partial charge in [0, 0.05) is 17.6 Å². The van der Waals surface area contributed by atoms with E-state index >= 15 is 0 Å². The number of halogens is 1. The lowest BCUT2D eigenvalue weighted by atomic mass is 10.2. The van der Waals surface area contributed by atoms with Crippen molar-refractivity contribution in [2.24, 2.45) is 4.99 Å². The maximum absolute atomic E-state index is 8.87. The summed E-state index contributed by atoms with van der Waals surface area (Å²) in [5.41, 5.74) is 1.00. The van der Waals surface area contributed by atoms with Crippen molar-refractivity contribution in [1.82, 2.24) is 15.6 Å². The van der Waals surface area contributed by atoms with Crippen molar-refractivity contribution in [1.29, 1.82) is 0 Å². The van der Waals surface area contributed by atoms with E-state index in [9.17, 15) is 0 Å². The van der Waals surface area contributed by atoms with E-state index < -0.39 is 0 Å². The molecule has 3 N–H and O–H groups in total. The molecule has 2 aromatic rings. The van der Waals surface area contributed by atoms with Crippen molar-refractivity contribution in [3.05, 3.63) is 39.8 Å². The normalized spacial score (nSPS) is 10.9. The SMILES string of the molecule is CCNC(=NCc1ccc(OCCO)c(OC)c1)NCc1ncc(C)s1.I. The number of aromatic nitrogens is 1. The maximum atomic E-state index is 8.87. The van der Waals surface area contributed by atoms with Gasteiger partial charge in [-0.15, -0.1) is 35.3 Å². The summed E-state index contributed by atoms with van der Waals surface area (Å²) in [5, 5.41) is 16.4. The third-order valence-electron chi connectivity index (χ3n) is 3.42. The van der Waals surface area contributed by atoms with Crippen molar-refractivity contribution in [2.45, 2.75) is 26.9 Å². The smallest absolute Gasteiger partial charge is 0.191 e. The van der Waals surface area contributed by atoms with Gasteiger partial charge < -0.3 is 25.2 Å². The number of benzene rings is 1. The lowest BCUT2D eigenvalue weighted by Crippen LogP contribution is -2.36. The summed E-state index contributed by atoms with van der Waals surface area (Å²) >= 11 is 1.67. The Kier molecular flexibility index (Phi) is 11.1. The zero-order valence-electron chi connectivity index (χ0n) is 15.8. The number of guanidine groups is 1. The Morgan fingerprint density at radius 1 is 1.30 bits per heavy atom. The van der Waals surface area contributed by atoms with Gasteiger partial charge in [0.1, 0.15) is 11.6 Å². The number of ether oxygens (including phenoxy) is 2. The largest absolute Gasteiger partial charge is 0.493 e. The van der Waals surface area contributed by atoms with E-state index in [0.717, 1.165) is 23.1 Å². The molecule has 0 aliphatic carbocycles. The second-order valence-electron chi connectivity index (χ2n) is 5.47. The second kappa shape index (κ2) is 12.7. The lowest BCUT2D eigenvalue weighted by molar-refractivity contribution is 0.196. The molecule has 0 aliphatic rings. The summed E-state index contributed by atoms with van der Waals surface area (Å²) in [5.74, 6) is 1.97. The molecule has 0 bridgehead atoms. The van der Waals surface area contributed by atoms with Crippen LogP contribution in [0.25, 0.3) is 0 Å². The number of hydrogen-bond acceptors (Lipinski definition) is 6. The van der Waals surface area contributed by atoms with Gasteiger partial charge in [0.25, 0.3) is 0 Å². The number of nitrogens with zero attached hydrogens (tertiary/aromatic N) is 2. The van der Waals surface area contributed by atoms with Gasteiger partial charge in [0.2, 0.25) is 0 Å². The third-order valence-corrected chi connectivity index (χ3v) is 4.33. The number of hydrogen-bond donors (Lipinski definition) is 3. The molecule has 0 radical (unpaired) electrons. The van der Waals surface area contributed by atoms with E-state index in [-0.39, 0.29) is 37.2 Å². The standard InChI is InChI=1S/C18H26N4O3S.HI/c1-4-19-18(22-12-17-20-10-13(2)26-17)21-11-14-5-6-15(25-8-7-23)16(9-14)24-3;/h5-6,9-10,23H,4,7-8,11-12H2,1-3H3,(H2,19,21,22);1H. The van der Waals surface area contributed by atoms with Crippen molar-refractivity contribution >= 4 is 41.3 Å². The van der Waals surface area contributed by atoms with Crippen LogP contribution >= 0.6 is 35.3 Å². The van der Waals surface area contributed by atoms with Crippen LogP contribution in [0.2, 0.25) is 0 Å². The fourth-order valence-corrected chi connectivity index (χ4v) is 2.97. The highest BCUT2D eigenvalue weighted by Gasteiger charge is 2.06. The highest BCUT2D eigenvalue weighted by molar-refractivity contribution is 14.0. The molecule has 1 aromatic carbocycles. The fraction of sp³-hybridized carbons (Fsp3) is 0.444. The van der Waals surface area contributed by atoms with Gasteiger partial charge in [-0.1, -0.05) is 6.07 Å². The van der Waals surface area contributed by atoms with E-state index in [2.05, 4.69) is 20.6 Å². The molecule has 0 unspecified atom stereocenters. The van der Waals surface area contributed by atoms with Gasteiger partial charge in [-0.25, -0.2) is 9.98 Å². The lowest BCUT2D eigenvalue weighted by Gasteiger charge is -2.12. The quantitative estimate of drug-likeness (QED) is 0.276. The molecule has 0 amide bonds. The van der Waals surface area contributed by atoms with E-state index in [1.165, 1.54) is 4.88 Å². The molecule has 0 spiro atoms. The molecule has 0 saturated heterocycles. The number of aliphatic hydroxyl groups excluding tert-OH is 1. The number of methoxy groups -OCH3 is 1. The summed E-state index contributed by atoms with van der Waals surface area (Å²) in [6.45, 7) is 6.19. The van der Waals surface area contributed by atoms with Crippen LogP contribution in [0, 0.1) is 6.92 Å². The number of aliphatic imine (C=N–C) groups is 1. The average Bonchev–Trinajstić information content (AvgIpc) is 3.07. The van der Waals surface area contributed by atoms with E-state index in [1.807, 2.05) is 38.2 Å². The number of aryl methyl sites for hydroxylation is 1. The Morgan fingerprint density at radius 3 is 2.74 bits per heavy atom. The Labute approximate surface area is 181 Å². The van der Waals surface area contributed by atoms with Crippen molar-refractivity contribution in [3.8, 4) is 11.5 Å². The predicted octanol–water partition coefficient (Wildman–Crippen LogP) is 2.70. The van der Waals surface area contributed by atoms with Crippen LogP contribution in [0.3, 0.4) is 0 Å². The zero-order valence-corrected chi connectivity index (χ0v) is 19.0. The Bertz CT molecular complexity index is 724. The molecule has 9 heteroatoms. The summed E-state index contributed by atoms with van der Waals surface area (Å²) < 4.78 is 10.8. The van der Waals surface area contributed by atoms with Crippen molar-refractivity contribution in [3.63, 3.8) is 0 Å². The molecule has 0 saturated carbocycles. The Hall–Kier alpha value is -1.59. The number of rotatable bonds is 9. The highest BCUT2D eigenvalue weighted by Crippen LogP contribution is 2.28. The summed E-state index contributed by atoms with van der Waals surface area (Å²) in [6, 6.07) is 5.66. The van der Waals surface area contributed by atoms with Crippen molar-refractivity contribution in [2.75, 3.05) is 26.9 Å². The number of aliphatic hydroxyl groups is 1.